The highest BCUT2D eigenvalue weighted by Gasteiger charge is 2.17. The van der Waals surface area contributed by atoms with Gasteiger partial charge in [-0.25, -0.2) is 4.79 Å². The zero-order valence-electron chi connectivity index (χ0n) is 11.4. The van der Waals surface area contributed by atoms with E-state index >= 15 is 0 Å². The Morgan fingerprint density at radius 2 is 2.00 bits per heavy atom. The molecule has 5 nitrogen and oxygen atoms in total. The third-order valence-corrected chi connectivity index (χ3v) is 3.43. The summed E-state index contributed by atoms with van der Waals surface area (Å²) in [5.41, 5.74) is 0. The predicted molar refractivity (Wildman–Crippen MR) is 75.0 cm³/mol. The minimum absolute atomic E-state index is 0.134. The van der Waals surface area contributed by atoms with Crippen molar-refractivity contribution in [1.82, 2.24) is 10.6 Å². The van der Waals surface area contributed by atoms with Crippen LogP contribution in [0.1, 0.15) is 33.1 Å². The highest BCUT2D eigenvalue weighted by atomic mass is 32.2. The molecule has 0 aromatic carbocycles. The van der Waals surface area contributed by atoms with E-state index in [1.54, 1.807) is 11.8 Å². The molecule has 0 fully saturated rings. The number of hydrogen-bond donors (Lipinski definition) is 3. The summed E-state index contributed by atoms with van der Waals surface area (Å²) < 4.78 is 0. The first kappa shape index (κ1) is 17.1. The summed E-state index contributed by atoms with van der Waals surface area (Å²) in [7, 11) is 0. The van der Waals surface area contributed by atoms with Gasteiger partial charge in [-0.3, -0.25) is 4.79 Å². The van der Waals surface area contributed by atoms with Crippen molar-refractivity contribution in [3.8, 4) is 0 Å². The average molecular weight is 276 g/mol. The van der Waals surface area contributed by atoms with Crippen molar-refractivity contribution in [3.05, 3.63) is 0 Å². The lowest BCUT2D eigenvalue weighted by Gasteiger charge is -2.18. The Bertz CT molecular complexity index is 262. The zero-order valence-corrected chi connectivity index (χ0v) is 12.2. The number of amides is 2. The highest BCUT2D eigenvalue weighted by molar-refractivity contribution is 7.98. The molecule has 0 rings (SSSR count). The molecule has 0 saturated carbocycles. The van der Waals surface area contributed by atoms with Crippen LogP contribution < -0.4 is 10.6 Å². The van der Waals surface area contributed by atoms with Crippen LogP contribution in [0.3, 0.4) is 0 Å². The lowest BCUT2D eigenvalue weighted by atomic mass is 10.0. The van der Waals surface area contributed by atoms with Gasteiger partial charge in [-0.05, 0) is 19.1 Å². The number of nitrogens with one attached hydrogen (secondary N) is 2. The van der Waals surface area contributed by atoms with E-state index in [0.717, 1.165) is 18.6 Å². The summed E-state index contributed by atoms with van der Waals surface area (Å²) in [4.78, 5) is 22.5. The maximum Gasteiger partial charge on any atom is 0.315 e. The number of carboxylic acids is 1. The fraction of sp³-hybridized carbons (Fsp3) is 0.833. The number of urea groups is 1. The van der Waals surface area contributed by atoms with Crippen molar-refractivity contribution < 1.29 is 14.7 Å². The summed E-state index contributed by atoms with van der Waals surface area (Å²) in [5, 5.41) is 14.4. The Hall–Kier alpha value is -0.910. The number of aliphatic carboxylic acids is 1. The van der Waals surface area contributed by atoms with Gasteiger partial charge in [0.15, 0.2) is 0 Å². The first-order chi connectivity index (χ1) is 8.54. The lowest BCUT2D eigenvalue weighted by Crippen LogP contribution is -2.45. The maximum absolute atomic E-state index is 11.6. The van der Waals surface area contributed by atoms with Crippen LogP contribution in [0.4, 0.5) is 4.79 Å². The van der Waals surface area contributed by atoms with Crippen molar-refractivity contribution in [1.29, 1.82) is 0 Å². The highest BCUT2D eigenvalue weighted by Crippen LogP contribution is 2.05. The Labute approximate surface area is 113 Å². The fourth-order valence-corrected chi connectivity index (χ4v) is 2.30. The fourth-order valence-electron chi connectivity index (χ4n) is 1.58. The second kappa shape index (κ2) is 10.1. The molecule has 0 aromatic heterocycles. The second-order valence-electron chi connectivity index (χ2n) is 4.24. The molecule has 0 spiro atoms. The summed E-state index contributed by atoms with van der Waals surface area (Å²) in [6, 6.07) is -0.146. The van der Waals surface area contributed by atoms with Gasteiger partial charge in [-0.1, -0.05) is 20.3 Å². The molecule has 18 heavy (non-hydrogen) atoms. The van der Waals surface area contributed by atoms with Gasteiger partial charge in [0, 0.05) is 18.3 Å². The molecule has 2 amide bonds. The molecule has 0 heterocycles. The standard InChI is InChI=1S/C12H24N2O3S/c1-4-6-9(11(15)16)7-13-12(17)14-10(5-2)8-18-3/h9-10H,4-8H2,1-3H3,(H,15,16)(H2,13,14,17). The lowest BCUT2D eigenvalue weighted by molar-refractivity contribution is -0.141. The van der Waals surface area contributed by atoms with E-state index in [2.05, 4.69) is 10.6 Å². The zero-order chi connectivity index (χ0) is 14.0. The van der Waals surface area contributed by atoms with E-state index in [0.29, 0.717) is 6.42 Å². The van der Waals surface area contributed by atoms with Crippen LogP contribution >= 0.6 is 11.8 Å². The summed E-state index contributed by atoms with van der Waals surface area (Å²) in [5.74, 6) is -0.490. The molecule has 0 aliphatic heterocycles. The van der Waals surface area contributed by atoms with Crippen LogP contribution in [-0.2, 0) is 4.79 Å². The molecule has 0 bridgehead atoms. The van der Waals surface area contributed by atoms with Gasteiger partial charge < -0.3 is 15.7 Å². The number of carbonyl (C=O) groups excluding carboxylic acids is 1. The van der Waals surface area contributed by atoms with Gasteiger partial charge in [0.2, 0.25) is 0 Å². The molecule has 106 valence electrons. The van der Waals surface area contributed by atoms with E-state index < -0.39 is 11.9 Å². The monoisotopic (exact) mass is 276 g/mol. The van der Waals surface area contributed by atoms with Crippen molar-refractivity contribution in [2.45, 2.75) is 39.2 Å². The van der Waals surface area contributed by atoms with Gasteiger partial charge in [0.1, 0.15) is 0 Å². The molecule has 0 aliphatic rings. The Kier molecular flexibility index (Phi) is 9.55. The van der Waals surface area contributed by atoms with Gasteiger partial charge in [0.05, 0.1) is 5.92 Å². The Balaban J connectivity index is 4.03. The normalized spacial score (nSPS) is 13.7. The number of thioether (sulfide) groups is 1. The minimum Gasteiger partial charge on any atom is -0.481 e. The Morgan fingerprint density at radius 3 is 2.44 bits per heavy atom. The van der Waals surface area contributed by atoms with Crippen LogP contribution in [0.2, 0.25) is 0 Å². The van der Waals surface area contributed by atoms with E-state index in [-0.39, 0.29) is 18.6 Å². The Morgan fingerprint density at radius 1 is 1.33 bits per heavy atom. The molecule has 2 atom stereocenters. The SMILES string of the molecule is CCCC(CNC(=O)NC(CC)CSC)C(=O)O. The number of rotatable bonds is 9. The molecule has 3 N–H and O–H groups in total. The molecule has 0 aliphatic carbocycles. The molecule has 0 radical (unpaired) electrons. The van der Waals surface area contributed by atoms with Gasteiger partial charge >= 0.3 is 12.0 Å². The smallest absolute Gasteiger partial charge is 0.315 e. The van der Waals surface area contributed by atoms with Crippen molar-refractivity contribution in [2.24, 2.45) is 5.92 Å². The number of hydrogen-bond acceptors (Lipinski definition) is 3. The quantitative estimate of drug-likeness (QED) is 0.601. The summed E-state index contributed by atoms with van der Waals surface area (Å²) >= 11 is 1.68. The number of carboxylic acid groups (broad SMARTS) is 1. The second-order valence-corrected chi connectivity index (χ2v) is 5.15. The van der Waals surface area contributed by atoms with Gasteiger partial charge in [-0.2, -0.15) is 11.8 Å². The van der Waals surface area contributed by atoms with Crippen LogP contribution in [0.15, 0.2) is 0 Å². The number of carbonyl (C=O) groups is 2. The molecule has 0 saturated heterocycles. The van der Waals surface area contributed by atoms with E-state index in [1.165, 1.54) is 0 Å². The average Bonchev–Trinajstić information content (AvgIpc) is 2.33. The maximum atomic E-state index is 11.6. The third-order valence-electron chi connectivity index (χ3n) is 2.69. The van der Waals surface area contributed by atoms with Crippen molar-refractivity contribution >= 4 is 23.8 Å². The first-order valence-corrected chi connectivity index (χ1v) is 7.70. The molecular formula is C12H24N2O3S. The largest absolute Gasteiger partial charge is 0.481 e. The molecular weight excluding hydrogens is 252 g/mol. The van der Waals surface area contributed by atoms with Crippen molar-refractivity contribution in [3.63, 3.8) is 0 Å². The van der Waals surface area contributed by atoms with Crippen LogP contribution in [0.25, 0.3) is 0 Å². The molecule has 6 heteroatoms. The third kappa shape index (κ3) is 7.42. The van der Waals surface area contributed by atoms with E-state index in [9.17, 15) is 9.59 Å². The summed E-state index contributed by atoms with van der Waals surface area (Å²) in [6.45, 7) is 4.13. The molecule has 2 unspecified atom stereocenters. The molecule has 0 aromatic rings. The van der Waals surface area contributed by atoms with Crippen LogP contribution in [0.5, 0.6) is 0 Å². The van der Waals surface area contributed by atoms with Crippen LogP contribution in [0, 0.1) is 5.92 Å². The first-order valence-electron chi connectivity index (χ1n) is 6.31. The van der Waals surface area contributed by atoms with E-state index in [4.69, 9.17) is 5.11 Å². The van der Waals surface area contributed by atoms with Gasteiger partial charge in [-0.15, -0.1) is 0 Å². The van der Waals surface area contributed by atoms with E-state index in [1.807, 2.05) is 20.1 Å². The van der Waals surface area contributed by atoms with Crippen molar-refractivity contribution in [2.75, 3.05) is 18.6 Å². The van der Waals surface area contributed by atoms with Gasteiger partial charge in [0.25, 0.3) is 0 Å². The van der Waals surface area contributed by atoms with Crippen LogP contribution in [-0.4, -0.2) is 41.7 Å². The predicted octanol–water partition coefficient (Wildman–Crippen LogP) is 1.93. The minimum atomic E-state index is -0.853. The topological polar surface area (TPSA) is 78.4 Å². The summed E-state index contributed by atoms with van der Waals surface area (Å²) in [6.07, 6.45) is 4.23.